The molecular formula is C28H25N3O4. The highest BCUT2D eigenvalue weighted by molar-refractivity contribution is 6.07. The summed E-state index contributed by atoms with van der Waals surface area (Å²) in [6.45, 7) is 3.68. The molecular weight excluding hydrogens is 442 g/mol. The Labute approximate surface area is 203 Å². The molecule has 0 spiro atoms. The summed E-state index contributed by atoms with van der Waals surface area (Å²) in [5.74, 6) is -1.35. The number of hydrogen-bond acceptors (Lipinski definition) is 5. The summed E-state index contributed by atoms with van der Waals surface area (Å²) in [6.07, 6.45) is 0. The highest BCUT2D eigenvalue weighted by Crippen LogP contribution is 2.30. The Kier molecular flexibility index (Phi) is 7.16. The summed E-state index contributed by atoms with van der Waals surface area (Å²) in [5, 5.41) is 6.03. The summed E-state index contributed by atoms with van der Waals surface area (Å²) in [5.41, 5.74) is 4.14. The molecule has 0 saturated carbocycles. The molecule has 0 saturated heterocycles. The van der Waals surface area contributed by atoms with Crippen molar-refractivity contribution in [2.24, 2.45) is 0 Å². The van der Waals surface area contributed by atoms with E-state index < -0.39 is 18.5 Å². The van der Waals surface area contributed by atoms with E-state index >= 15 is 0 Å². The molecule has 0 bridgehead atoms. The predicted molar refractivity (Wildman–Crippen MR) is 135 cm³/mol. The van der Waals surface area contributed by atoms with E-state index in [9.17, 15) is 14.4 Å². The Morgan fingerprint density at radius 1 is 0.914 bits per heavy atom. The number of benzene rings is 3. The molecule has 3 aromatic carbocycles. The zero-order chi connectivity index (χ0) is 24.8. The van der Waals surface area contributed by atoms with Crippen molar-refractivity contribution in [3.63, 3.8) is 0 Å². The number of fused-ring (bicyclic) bond motifs is 1. The largest absolute Gasteiger partial charge is 0.452 e. The van der Waals surface area contributed by atoms with Crippen molar-refractivity contribution in [3.05, 3.63) is 95.6 Å². The maximum absolute atomic E-state index is 13.2. The second kappa shape index (κ2) is 10.6. The third-order valence-corrected chi connectivity index (χ3v) is 5.47. The van der Waals surface area contributed by atoms with Crippen LogP contribution in [0.5, 0.6) is 0 Å². The van der Waals surface area contributed by atoms with Crippen LogP contribution in [0.1, 0.15) is 33.2 Å². The lowest BCUT2D eigenvalue weighted by atomic mass is 9.98. The first-order chi connectivity index (χ1) is 17.0. The molecule has 0 fully saturated rings. The highest BCUT2D eigenvalue weighted by atomic mass is 16.5. The van der Waals surface area contributed by atoms with E-state index in [-0.39, 0.29) is 5.91 Å². The molecule has 4 aromatic rings. The Bertz CT molecular complexity index is 1400. The van der Waals surface area contributed by atoms with Gasteiger partial charge in [0.1, 0.15) is 0 Å². The molecule has 0 aliphatic heterocycles. The molecule has 0 aliphatic rings. The van der Waals surface area contributed by atoms with E-state index in [1.165, 1.54) is 0 Å². The standard InChI is InChI=1S/C28H25N3O4/c1-3-29-27(33)20-12-9-13-21(16-20)30-24(32)17-35-28(34)25-18(2)26(19-10-5-4-6-11-19)31-23-15-8-7-14-22(23)25/h4-16H,3,17H2,1-2H3,(H,29,33)(H,30,32). The average Bonchev–Trinajstić information content (AvgIpc) is 2.88. The minimum atomic E-state index is -0.607. The molecule has 176 valence electrons. The topological polar surface area (TPSA) is 97.4 Å². The highest BCUT2D eigenvalue weighted by Gasteiger charge is 2.21. The zero-order valence-electron chi connectivity index (χ0n) is 19.5. The van der Waals surface area contributed by atoms with E-state index in [4.69, 9.17) is 9.72 Å². The molecule has 4 rings (SSSR count). The number of nitrogens with one attached hydrogen (secondary N) is 2. The van der Waals surface area contributed by atoms with Crippen molar-refractivity contribution in [1.82, 2.24) is 10.3 Å². The van der Waals surface area contributed by atoms with Crippen LogP contribution in [0, 0.1) is 6.92 Å². The molecule has 7 heteroatoms. The Morgan fingerprint density at radius 3 is 2.43 bits per heavy atom. The van der Waals surface area contributed by atoms with Gasteiger partial charge in [-0.3, -0.25) is 9.59 Å². The third kappa shape index (κ3) is 5.35. The normalized spacial score (nSPS) is 10.6. The van der Waals surface area contributed by atoms with Gasteiger partial charge in [-0.25, -0.2) is 9.78 Å². The summed E-state index contributed by atoms with van der Waals surface area (Å²) in [7, 11) is 0. The van der Waals surface area contributed by atoms with Crippen LogP contribution in [0.3, 0.4) is 0 Å². The lowest BCUT2D eigenvalue weighted by Crippen LogP contribution is -2.24. The number of nitrogens with zero attached hydrogens (tertiary/aromatic N) is 1. The SMILES string of the molecule is CCNC(=O)c1cccc(NC(=O)COC(=O)c2c(C)c(-c3ccccc3)nc3ccccc23)c1. The molecule has 0 radical (unpaired) electrons. The number of para-hydroxylation sites is 1. The van der Waals surface area contributed by atoms with Gasteiger partial charge in [0.05, 0.1) is 16.8 Å². The van der Waals surface area contributed by atoms with Gasteiger partial charge in [0, 0.05) is 28.7 Å². The third-order valence-electron chi connectivity index (χ3n) is 5.47. The minimum absolute atomic E-state index is 0.232. The van der Waals surface area contributed by atoms with Gasteiger partial charge in [-0.15, -0.1) is 0 Å². The molecule has 0 unspecified atom stereocenters. The fraction of sp³-hybridized carbons (Fsp3) is 0.143. The van der Waals surface area contributed by atoms with Crippen molar-refractivity contribution < 1.29 is 19.1 Å². The van der Waals surface area contributed by atoms with Crippen LogP contribution in [-0.2, 0) is 9.53 Å². The number of anilines is 1. The van der Waals surface area contributed by atoms with Gasteiger partial charge in [0.2, 0.25) is 0 Å². The quantitative estimate of drug-likeness (QED) is 0.382. The molecule has 1 heterocycles. The van der Waals surface area contributed by atoms with Crippen LogP contribution >= 0.6 is 0 Å². The van der Waals surface area contributed by atoms with Gasteiger partial charge < -0.3 is 15.4 Å². The maximum Gasteiger partial charge on any atom is 0.339 e. The molecule has 2 N–H and O–H groups in total. The van der Waals surface area contributed by atoms with Crippen LogP contribution in [0.25, 0.3) is 22.2 Å². The monoisotopic (exact) mass is 467 g/mol. The van der Waals surface area contributed by atoms with Gasteiger partial charge >= 0.3 is 5.97 Å². The second-order valence-electron chi connectivity index (χ2n) is 7.91. The Morgan fingerprint density at radius 2 is 1.66 bits per heavy atom. The van der Waals surface area contributed by atoms with Gasteiger partial charge in [0.25, 0.3) is 11.8 Å². The smallest absolute Gasteiger partial charge is 0.339 e. The van der Waals surface area contributed by atoms with Crippen LogP contribution < -0.4 is 10.6 Å². The number of rotatable bonds is 7. The van der Waals surface area contributed by atoms with E-state index in [0.29, 0.717) is 45.5 Å². The van der Waals surface area contributed by atoms with E-state index in [1.807, 2.05) is 68.4 Å². The first-order valence-corrected chi connectivity index (χ1v) is 11.3. The predicted octanol–water partition coefficient (Wildman–Crippen LogP) is 4.76. The molecule has 35 heavy (non-hydrogen) atoms. The van der Waals surface area contributed by atoms with Crippen molar-refractivity contribution in [2.45, 2.75) is 13.8 Å². The summed E-state index contributed by atoms with van der Waals surface area (Å²) >= 11 is 0. The van der Waals surface area contributed by atoms with Crippen molar-refractivity contribution in [2.75, 3.05) is 18.5 Å². The molecule has 7 nitrogen and oxygen atoms in total. The minimum Gasteiger partial charge on any atom is -0.452 e. The summed E-state index contributed by atoms with van der Waals surface area (Å²) in [6, 6.07) is 23.5. The maximum atomic E-state index is 13.2. The van der Waals surface area contributed by atoms with Gasteiger partial charge in [-0.1, -0.05) is 54.6 Å². The molecule has 1 aromatic heterocycles. The number of carbonyl (C=O) groups excluding carboxylic acids is 3. The number of hydrogen-bond donors (Lipinski definition) is 2. The van der Waals surface area contributed by atoms with Gasteiger partial charge in [-0.05, 0) is 43.7 Å². The number of carbonyl (C=O) groups is 3. The van der Waals surface area contributed by atoms with Crippen LogP contribution in [0.4, 0.5) is 5.69 Å². The number of ether oxygens (including phenoxy) is 1. The first-order valence-electron chi connectivity index (χ1n) is 11.3. The number of aromatic nitrogens is 1. The van der Waals surface area contributed by atoms with Crippen molar-refractivity contribution >= 4 is 34.4 Å². The molecule has 0 atom stereocenters. The number of pyridine rings is 1. The van der Waals surface area contributed by atoms with Crippen LogP contribution in [-0.4, -0.2) is 35.9 Å². The Hall–Kier alpha value is -4.52. The van der Waals surface area contributed by atoms with E-state index in [1.54, 1.807) is 24.3 Å². The first kappa shape index (κ1) is 23.6. The average molecular weight is 468 g/mol. The van der Waals surface area contributed by atoms with E-state index in [0.717, 1.165) is 5.56 Å². The van der Waals surface area contributed by atoms with E-state index in [2.05, 4.69) is 10.6 Å². The number of esters is 1. The molecule has 0 aliphatic carbocycles. The Balaban J connectivity index is 1.53. The zero-order valence-corrected chi connectivity index (χ0v) is 19.5. The fourth-order valence-electron chi connectivity index (χ4n) is 3.85. The van der Waals surface area contributed by atoms with Gasteiger partial charge in [-0.2, -0.15) is 0 Å². The lowest BCUT2D eigenvalue weighted by molar-refractivity contribution is -0.119. The summed E-state index contributed by atoms with van der Waals surface area (Å²) in [4.78, 5) is 42.4. The van der Waals surface area contributed by atoms with Crippen LogP contribution in [0.15, 0.2) is 78.9 Å². The van der Waals surface area contributed by atoms with Crippen molar-refractivity contribution in [3.8, 4) is 11.3 Å². The lowest BCUT2D eigenvalue weighted by Gasteiger charge is -2.14. The molecule has 2 amide bonds. The number of amides is 2. The van der Waals surface area contributed by atoms with Crippen molar-refractivity contribution in [1.29, 1.82) is 0 Å². The second-order valence-corrected chi connectivity index (χ2v) is 7.91. The fourth-order valence-corrected chi connectivity index (χ4v) is 3.85. The van der Waals surface area contributed by atoms with Gasteiger partial charge in [0.15, 0.2) is 6.61 Å². The van der Waals surface area contributed by atoms with Crippen LogP contribution in [0.2, 0.25) is 0 Å². The summed E-state index contributed by atoms with van der Waals surface area (Å²) < 4.78 is 5.40.